The lowest BCUT2D eigenvalue weighted by molar-refractivity contribution is 0.0934. The molecule has 4 heteroatoms. The number of pyridine rings is 1. The van der Waals surface area contributed by atoms with Crippen LogP contribution in [0, 0.1) is 0 Å². The van der Waals surface area contributed by atoms with Crippen molar-refractivity contribution in [1.29, 1.82) is 0 Å². The highest BCUT2D eigenvalue weighted by atomic mass is 16.1. The SMILES string of the molecule is CCC(C)NC(=O)c1cc(NCc2ccccc2)ccn1. The Labute approximate surface area is 125 Å². The summed E-state index contributed by atoms with van der Waals surface area (Å²) in [6.45, 7) is 4.74. The van der Waals surface area contributed by atoms with Gasteiger partial charge >= 0.3 is 0 Å². The minimum Gasteiger partial charge on any atom is -0.381 e. The Morgan fingerprint density at radius 1 is 1.24 bits per heavy atom. The van der Waals surface area contributed by atoms with Crippen molar-refractivity contribution in [3.05, 3.63) is 59.9 Å². The maximum atomic E-state index is 12.0. The van der Waals surface area contributed by atoms with Gasteiger partial charge in [-0.05, 0) is 31.0 Å². The Morgan fingerprint density at radius 3 is 2.71 bits per heavy atom. The summed E-state index contributed by atoms with van der Waals surface area (Å²) in [5.74, 6) is -0.132. The molecule has 0 aliphatic carbocycles. The van der Waals surface area contributed by atoms with E-state index in [1.807, 2.05) is 38.1 Å². The Morgan fingerprint density at radius 2 is 2.00 bits per heavy atom. The van der Waals surface area contributed by atoms with E-state index >= 15 is 0 Å². The monoisotopic (exact) mass is 283 g/mol. The minimum absolute atomic E-state index is 0.132. The van der Waals surface area contributed by atoms with Crippen LogP contribution in [0.1, 0.15) is 36.3 Å². The van der Waals surface area contributed by atoms with Gasteiger partial charge in [-0.2, -0.15) is 0 Å². The molecule has 2 N–H and O–H groups in total. The average Bonchev–Trinajstić information content (AvgIpc) is 2.54. The molecule has 0 saturated carbocycles. The molecule has 1 aromatic heterocycles. The van der Waals surface area contributed by atoms with Crippen molar-refractivity contribution in [1.82, 2.24) is 10.3 Å². The van der Waals surface area contributed by atoms with Gasteiger partial charge in [0.15, 0.2) is 0 Å². The second-order valence-corrected chi connectivity index (χ2v) is 5.05. The van der Waals surface area contributed by atoms with Crippen molar-refractivity contribution in [3.8, 4) is 0 Å². The van der Waals surface area contributed by atoms with E-state index in [2.05, 4.69) is 27.8 Å². The number of amides is 1. The number of aromatic nitrogens is 1. The molecule has 4 nitrogen and oxygen atoms in total. The number of carbonyl (C=O) groups excluding carboxylic acids is 1. The van der Waals surface area contributed by atoms with Gasteiger partial charge in [0, 0.05) is 24.5 Å². The molecule has 0 spiro atoms. The molecule has 0 saturated heterocycles. The number of hydrogen-bond acceptors (Lipinski definition) is 3. The van der Waals surface area contributed by atoms with Gasteiger partial charge in [0.1, 0.15) is 5.69 Å². The standard InChI is InChI=1S/C17H21N3O/c1-3-13(2)20-17(21)16-11-15(9-10-18-16)19-12-14-7-5-4-6-8-14/h4-11,13H,3,12H2,1-2H3,(H,18,19)(H,20,21). The molecule has 21 heavy (non-hydrogen) atoms. The predicted molar refractivity (Wildman–Crippen MR) is 85.2 cm³/mol. The fourth-order valence-corrected chi connectivity index (χ4v) is 1.86. The van der Waals surface area contributed by atoms with Crippen molar-refractivity contribution in [3.63, 3.8) is 0 Å². The highest BCUT2D eigenvalue weighted by molar-refractivity contribution is 5.93. The molecule has 1 amide bonds. The van der Waals surface area contributed by atoms with Crippen molar-refractivity contribution in [2.24, 2.45) is 0 Å². The summed E-state index contributed by atoms with van der Waals surface area (Å²) in [6.07, 6.45) is 2.55. The van der Waals surface area contributed by atoms with E-state index in [-0.39, 0.29) is 11.9 Å². The van der Waals surface area contributed by atoms with Gasteiger partial charge in [0.05, 0.1) is 0 Å². The molecule has 1 heterocycles. The zero-order valence-electron chi connectivity index (χ0n) is 12.5. The zero-order valence-corrected chi connectivity index (χ0v) is 12.5. The van der Waals surface area contributed by atoms with Crippen LogP contribution in [0.2, 0.25) is 0 Å². The first-order valence-electron chi connectivity index (χ1n) is 7.23. The van der Waals surface area contributed by atoms with E-state index in [0.29, 0.717) is 5.69 Å². The topological polar surface area (TPSA) is 54.0 Å². The predicted octanol–water partition coefficient (Wildman–Crippen LogP) is 3.22. The highest BCUT2D eigenvalue weighted by Gasteiger charge is 2.10. The van der Waals surface area contributed by atoms with Crippen molar-refractivity contribution in [2.75, 3.05) is 5.32 Å². The van der Waals surface area contributed by atoms with Crippen LogP contribution < -0.4 is 10.6 Å². The molecule has 0 fully saturated rings. The van der Waals surface area contributed by atoms with E-state index in [1.54, 1.807) is 12.3 Å². The van der Waals surface area contributed by atoms with Crippen LogP contribution in [0.4, 0.5) is 5.69 Å². The molecule has 1 unspecified atom stereocenters. The summed E-state index contributed by atoms with van der Waals surface area (Å²) in [5.41, 5.74) is 2.52. The van der Waals surface area contributed by atoms with Crippen LogP contribution in [0.3, 0.4) is 0 Å². The molecule has 0 aliphatic heterocycles. The summed E-state index contributed by atoms with van der Waals surface area (Å²) in [6, 6.07) is 13.9. The molecule has 0 radical (unpaired) electrons. The minimum atomic E-state index is -0.132. The lowest BCUT2D eigenvalue weighted by atomic mass is 10.2. The molecular formula is C17H21N3O. The van der Waals surface area contributed by atoms with Gasteiger partial charge in [-0.1, -0.05) is 37.3 Å². The Balaban J connectivity index is 1.99. The summed E-state index contributed by atoms with van der Waals surface area (Å²) >= 11 is 0. The van der Waals surface area contributed by atoms with Crippen molar-refractivity contribution in [2.45, 2.75) is 32.9 Å². The molecule has 2 aromatic rings. The van der Waals surface area contributed by atoms with Crippen molar-refractivity contribution < 1.29 is 4.79 Å². The summed E-state index contributed by atoms with van der Waals surface area (Å²) in [4.78, 5) is 16.2. The quantitative estimate of drug-likeness (QED) is 0.856. The van der Waals surface area contributed by atoms with E-state index in [0.717, 1.165) is 18.7 Å². The van der Waals surface area contributed by atoms with Gasteiger partial charge < -0.3 is 10.6 Å². The van der Waals surface area contributed by atoms with Gasteiger partial charge in [-0.15, -0.1) is 0 Å². The van der Waals surface area contributed by atoms with Crippen LogP contribution >= 0.6 is 0 Å². The molecule has 0 aliphatic rings. The number of rotatable bonds is 6. The van der Waals surface area contributed by atoms with Gasteiger partial charge in [-0.25, -0.2) is 0 Å². The Kier molecular flexibility index (Phi) is 5.32. The summed E-state index contributed by atoms with van der Waals surface area (Å²) < 4.78 is 0. The number of hydrogen-bond donors (Lipinski definition) is 2. The Bertz CT molecular complexity index is 584. The molecule has 1 atom stereocenters. The van der Waals surface area contributed by atoms with Crippen LogP contribution in [0.15, 0.2) is 48.7 Å². The molecule has 0 bridgehead atoms. The fraction of sp³-hybridized carbons (Fsp3) is 0.294. The molecule has 110 valence electrons. The van der Waals surface area contributed by atoms with Gasteiger partial charge in [-0.3, -0.25) is 9.78 Å². The van der Waals surface area contributed by atoms with Crippen LogP contribution in [-0.2, 0) is 6.54 Å². The van der Waals surface area contributed by atoms with Crippen LogP contribution in [0.5, 0.6) is 0 Å². The van der Waals surface area contributed by atoms with Crippen LogP contribution in [-0.4, -0.2) is 16.9 Å². The number of anilines is 1. The second kappa shape index (κ2) is 7.43. The number of benzene rings is 1. The summed E-state index contributed by atoms with van der Waals surface area (Å²) in [5, 5.41) is 6.22. The highest BCUT2D eigenvalue weighted by Crippen LogP contribution is 2.10. The lowest BCUT2D eigenvalue weighted by Gasteiger charge is -2.12. The van der Waals surface area contributed by atoms with E-state index < -0.39 is 0 Å². The van der Waals surface area contributed by atoms with E-state index in [1.165, 1.54) is 5.56 Å². The number of nitrogens with one attached hydrogen (secondary N) is 2. The molecule has 1 aromatic carbocycles. The first-order valence-corrected chi connectivity index (χ1v) is 7.23. The lowest BCUT2D eigenvalue weighted by Crippen LogP contribution is -2.32. The Hall–Kier alpha value is -2.36. The van der Waals surface area contributed by atoms with Crippen molar-refractivity contribution >= 4 is 11.6 Å². The van der Waals surface area contributed by atoms with Gasteiger partial charge in [0.2, 0.25) is 0 Å². The normalized spacial score (nSPS) is 11.7. The second-order valence-electron chi connectivity index (χ2n) is 5.05. The zero-order chi connectivity index (χ0) is 15.1. The van der Waals surface area contributed by atoms with Crippen LogP contribution in [0.25, 0.3) is 0 Å². The third-order valence-corrected chi connectivity index (χ3v) is 3.32. The smallest absolute Gasteiger partial charge is 0.270 e. The van der Waals surface area contributed by atoms with E-state index in [9.17, 15) is 4.79 Å². The number of carbonyl (C=O) groups is 1. The summed E-state index contributed by atoms with van der Waals surface area (Å²) in [7, 11) is 0. The fourth-order valence-electron chi connectivity index (χ4n) is 1.86. The molecular weight excluding hydrogens is 262 g/mol. The third kappa shape index (κ3) is 4.60. The maximum absolute atomic E-state index is 12.0. The van der Waals surface area contributed by atoms with Gasteiger partial charge in [0.25, 0.3) is 5.91 Å². The molecule has 2 rings (SSSR count). The maximum Gasteiger partial charge on any atom is 0.270 e. The number of nitrogens with zero attached hydrogens (tertiary/aromatic N) is 1. The first kappa shape index (κ1) is 15.0. The first-order chi connectivity index (χ1) is 10.2. The van der Waals surface area contributed by atoms with E-state index in [4.69, 9.17) is 0 Å². The average molecular weight is 283 g/mol. The largest absolute Gasteiger partial charge is 0.381 e. The third-order valence-electron chi connectivity index (χ3n) is 3.32.